The van der Waals surface area contributed by atoms with E-state index in [1.54, 1.807) is 7.05 Å². The van der Waals surface area contributed by atoms with Gasteiger partial charge in [0.25, 0.3) is 0 Å². The second kappa shape index (κ2) is 5.12. The van der Waals surface area contributed by atoms with Gasteiger partial charge < -0.3 is 10.4 Å². The summed E-state index contributed by atoms with van der Waals surface area (Å²) in [5.74, 6) is -0.993. The monoisotopic (exact) mass is 262 g/mol. The zero-order valence-electron chi connectivity index (χ0n) is 9.86. The predicted octanol–water partition coefficient (Wildman–Crippen LogP) is 0.552. The van der Waals surface area contributed by atoms with E-state index in [2.05, 4.69) is 25.7 Å². The number of pyridine rings is 1. The molecule has 0 atom stereocenters. The van der Waals surface area contributed by atoms with Gasteiger partial charge in [-0.05, 0) is 12.1 Å². The van der Waals surface area contributed by atoms with Crippen LogP contribution in [0, 0.1) is 0 Å². The molecule has 0 spiro atoms. The van der Waals surface area contributed by atoms with Gasteiger partial charge in [0.1, 0.15) is 6.33 Å². The fourth-order valence-corrected chi connectivity index (χ4v) is 1.34. The van der Waals surface area contributed by atoms with Gasteiger partial charge in [0.05, 0.1) is 5.69 Å². The molecule has 3 N–H and O–H groups in total. The molecule has 9 nitrogen and oxygen atoms in total. The first kappa shape index (κ1) is 12.5. The molecule has 19 heavy (non-hydrogen) atoms. The maximum absolute atomic E-state index is 11.7. The lowest BCUT2D eigenvalue weighted by molar-refractivity contribution is 0.0692. The van der Waals surface area contributed by atoms with Crippen molar-refractivity contribution >= 4 is 23.6 Å². The van der Waals surface area contributed by atoms with E-state index in [1.807, 2.05) is 0 Å². The first-order chi connectivity index (χ1) is 9.08. The van der Waals surface area contributed by atoms with Crippen molar-refractivity contribution in [3.05, 3.63) is 30.4 Å². The Morgan fingerprint density at radius 1 is 1.32 bits per heavy atom. The Kier molecular flexibility index (Phi) is 3.37. The highest BCUT2D eigenvalue weighted by Gasteiger charge is 2.14. The van der Waals surface area contributed by atoms with Crippen LogP contribution in [0.2, 0.25) is 0 Å². The number of aryl methyl sites for hydroxylation is 1. The number of carboxylic acid groups (broad SMARTS) is 1. The van der Waals surface area contributed by atoms with Gasteiger partial charge >= 0.3 is 12.0 Å². The number of nitrogens with one attached hydrogen (secondary N) is 2. The summed E-state index contributed by atoms with van der Waals surface area (Å²) in [5, 5.41) is 17.5. The molecule has 98 valence electrons. The molecule has 2 rings (SSSR count). The number of aromatic carboxylic acids is 1. The van der Waals surface area contributed by atoms with E-state index >= 15 is 0 Å². The number of aromatic nitrogens is 4. The molecule has 0 unspecified atom stereocenters. The van der Waals surface area contributed by atoms with E-state index in [0.29, 0.717) is 0 Å². The van der Waals surface area contributed by atoms with E-state index in [4.69, 9.17) is 5.11 Å². The van der Waals surface area contributed by atoms with Gasteiger partial charge in [0.15, 0.2) is 5.69 Å². The second-order valence-electron chi connectivity index (χ2n) is 3.49. The van der Waals surface area contributed by atoms with Crippen molar-refractivity contribution in [1.82, 2.24) is 19.7 Å². The molecule has 0 saturated carbocycles. The minimum Gasteiger partial charge on any atom is -0.476 e. The van der Waals surface area contributed by atoms with Crippen LogP contribution in [-0.2, 0) is 7.05 Å². The highest BCUT2D eigenvalue weighted by Crippen LogP contribution is 2.12. The van der Waals surface area contributed by atoms with Crippen molar-refractivity contribution < 1.29 is 14.7 Å². The first-order valence-corrected chi connectivity index (χ1v) is 5.18. The largest absolute Gasteiger partial charge is 0.476 e. The van der Waals surface area contributed by atoms with Gasteiger partial charge in [-0.15, -0.1) is 0 Å². The highest BCUT2D eigenvalue weighted by molar-refractivity contribution is 6.03. The number of amides is 2. The van der Waals surface area contributed by atoms with Crippen LogP contribution in [-0.4, -0.2) is 36.9 Å². The Bertz CT molecular complexity index is 623. The molecule has 0 bridgehead atoms. The number of carbonyl (C=O) groups excluding carboxylic acids is 1. The number of anilines is 2. The van der Waals surface area contributed by atoms with Gasteiger partial charge in [-0.2, -0.15) is 10.1 Å². The minimum atomic E-state index is -1.23. The van der Waals surface area contributed by atoms with Gasteiger partial charge in [-0.1, -0.05) is 0 Å². The first-order valence-electron chi connectivity index (χ1n) is 5.18. The fraction of sp³-hybridized carbons (Fsp3) is 0.100. The number of hydrogen-bond acceptors (Lipinski definition) is 5. The van der Waals surface area contributed by atoms with Crippen LogP contribution in [0.1, 0.15) is 10.5 Å². The van der Waals surface area contributed by atoms with Crippen LogP contribution in [0.15, 0.2) is 24.7 Å². The molecule has 0 aromatic carbocycles. The van der Waals surface area contributed by atoms with Crippen LogP contribution in [0.5, 0.6) is 0 Å². The summed E-state index contributed by atoms with van der Waals surface area (Å²) in [7, 11) is 1.61. The smallest absolute Gasteiger partial charge is 0.356 e. The maximum atomic E-state index is 11.7. The van der Waals surface area contributed by atoms with Gasteiger partial charge in [-0.25, -0.2) is 19.3 Å². The molecule has 2 heterocycles. The molecule has 0 radical (unpaired) electrons. The molecule has 2 aromatic rings. The molecular formula is C10H10N6O3. The summed E-state index contributed by atoms with van der Waals surface area (Å²) < 4.78 is 1.36. The standard InChI is InChI=1S/C10H10N6O3/c1-16-9(12-5-13-16)15-10(19)14-6-3-2-4-11-7(6)8(17)18/h2-5H,1H3,(H,17,18)(H2,12,13,14,15,19). The summed E-state index contributed by atoms with van der Waals surface area (Å²) in [6.07, 6.45) is 2.61. The van der Waals surface area contributed by atoms with E-state index in [-0.39, 0.29) is 17.3 Å². The number of carboxylic acids is 1. The highest BCUT2D eigenvalue weighted by atomic mass is 16.4. The van der Waals surface area contributed by atoms with E-state index in [0.717, 1.165) is 0 Å². The van der Waals surface area contributed by atoms with Crippen molar-refractivity contribution in [3.63, 3.8) is 0 Å². The van der Waals surface area contributed by atoms with Crippen LogP contribution < -0.4 is 10.6 Å². The molecule has 0 fully saturated rings. The molecule has 9 heteroatoms. The summed E-state index contributed by atoms with van der Waals surface area (Å²) in [6.45, 7) is 0. The zero-order valence-corrected chi connectivity index (χ0v) is 9.86. The fourth-order valence-electron chi connectivity index (χ4n) is 1.34. The topological polar surface area (TPSA) is 122 Å². The van der Waals surface area contributed by atoms with Crippen LogP contribution in [0.3, 0.4) is 0 Å². The lowest BCUT2D eigenvalue weighted by Crippen LogP contribution is -2.23. The molecule has 0 aliphatic rings. The predicted molar refractivity (Wildman–Crippen MR) is 64.8 cm³/mol. The number of carbonyl (C=O) groups is 2. The van der Waals surface area contributed by atoms with Crippen LogP contribution >= 0.6 is 0 Å². The van der Waals surface area contributed by atoms with Crippen molar-refractivity contribution in [2.75, 3.05) is 10.6 Å². The Morgan fingerprint density at radius 2 is 2.11 bits per heavy atom. The molecule has 0 aliphatic carbocycles. The van der Waals surface area contributed by atoms with E-state index in [9.17, 15) is 9.59 Å². The Hall–Kier alpha value is -2.97. The Labute approximate surface area is 107 Å². The van der Waals surface area contributed by atoms with E-state index in [1.165, 1.54) is 29.3 Å². The van der Waals surface area contributed by atoms with Crippen molar-refractivity contribution in [3.8, 4) is 0 Å². The lowest BCUT2D eigenvalue weighted by atomic mass is 10.3. The molecule has 0 saturated heterocycles. The average molecular weight is 262 g/mol. The summed E-state index contributed by atoms with van der Waals surface area (Å²) in [5.41, 5.74) is -0.148. The Morgan fingerprint density at radius 3 is 2.74 bits per heavy atom. The second-order valence-corrected chi connectivity index (χ2v) is 3.49. The third-order valence-electron chi connectivity index (χ3n) is 2.20. The molecule has 0 aliphatic heterocycles. The lowest BCUT2D eigenvalue weighted by Gasteiger charge is -2.08. The van der Waals surface area contributed by atoms with Gasteiger partial charge in [0.2, 0.25) is 5.95 Å². The van der Waals surface area contributed by atoms with Crippen molar-refractivity contribution in [2.45, 2.75) is 0 Å². The minimum absolute atomic E-state index is 0.0923. The third-order valence-corrected chi connectivity index (χ3v) is 2.20. The molecular weight excluding hydrogens is 252 g/mol. The van der Waals surface area contributed by atoms with Crippen molar-refractivity contribution in [1.29, 1.82) is 0 Å². The zero-order chi connectivity index (χ0) is 13.8. The average Bonchev–Trinajstić information content (AvgIpc) is 2.75. The number of hydrogen-bond donors (Lipinski definition) is 3. The van der Waals surface area contributed by atoms with Crippen molar-refractivity contribution in [2.24, 2.45) is 7.05 Å². The molecule has 2 amide bonds. The van der Waals surface area contributed by atoms with Gasteiger partial charge in [-0.3, -0.25) is 5.32 Å². The summed E-state index contributed by atoms with van der Waals surface area (Å²) in [4.78, 5) is 30.1. The molecule has 2 aromatic heterocycles. The van der Waals surface area contributed by atoms with Crippen LogP contribution in [0.4, 0.5) is 16.4 Å². The van der Waals surface area contributed by atoms with Crippen LogP contribution in [0.25, 0.3) is 0 Å². The normalized spacial score (nSPS) is 9.95. The summed E-state index contributed by atoms with van der Waals surface area (Å²) >= 11 is 0. The SMILES string of the molecule is Cn1ncnc1NC(=O)Nc1cccnc1C(=O)O. The maximum Gasteiger partial charge on any atom is 0.356 e. The Balaban J connectivity index is 2.11. The third kappa shape index (κ3) is 2.83. The summed E-state index contributed by atoms with van der Waals surface area (Å²) in [6, 6.07) is 2.32. The number of nitrogens with zero attached hydrogens (tertiary/aromatic N) is 4. The van der Waals surface area contributed by atoms with Gasteiger partial charge in [0, 0.05) is 13.2 Å². The number of urea groups is 1. The number of rotatable bonds is 3. The van der Waals surface area contributed by atoms with E-state index < -0.39 is 12.0 Å². The quantitative estimate of drug-likeness (QED) is 0.742.